The number of fused-ring (bicyclic) bond motifs is 2. The first-order valence-corrected chi connectivity index (χ1v) is 9.40. The number of benzene rings is 2. The van der Waals surface area contributed by atoms with E-state index in [2.05, 4.69) is 10.3 Å². The molecule has 142 valence electrons. The van der Waals surface area contributed by atoms with E-state index in [0.717, 1.165) is 28.4 Å². The smallest absolute Gasteiger partial charge is 0.408 e. The average molecular weight is 375 g/mol. The molecule has 4 aromatic rings. The summed E-state index contributed by atoms with van der Waals surface area (Å²) < 4.78 is 6.78. The van der Waals surface area contributed by atoms with Crippen LogP contribution in [0, 0.1) is 0 Å². The summed E-state index contributed by atoms with van der Waals surface area (Å²) in [6.07, 6.45) is 3.45. The maximum Gasteiger partial charge on any atom is 0.419 e. The molecule has 4 rings (SSSR count). The molecule has 0 saturated carbocycles. The number of oxazole rings is 1. The molecular formula is C22H21N3O3. The van der Waals surface area contributed by atoms with Crippen LogP contribution in [0.4, 0.5) is 0 Å². The van der Waals surface area contributed by atoms with Crippen LogP contribution in [0.15, 0.2) is 70.0 Å². The number of amides is 1. The van der Waals surface area contributed by atoms with E-state index in [9.17, 15) is 9.59 Å². The number of hydrogen-bond donors (Lipinski definition) is 1. The predicted octanol–water partition coefficient (Wildman–Crippen LogP) is 3.28. The Morgan fingerprint density at radius 3 is 2.86 bits per heavy atom. The molecule has 6 nitrogen and oxygen atoms in total. The molecular weight excluding hydrogens is 354 g/mol. The van der Waals surface area contributed by atoms with Crippen LogP contribution in [0.5, 0.6) is 0 Å². The second-order valence-electron chi connectivity index (χ2n) is 6.68. The molecule has 0 aliphatic carbocycles. The molecule has 1 amide bonds. The molecule has 0 bridgehead atoms. The zero-order chi connectivity index (χ0) is 19.3. The van der Waals surface area contributed by atoms with Crippen LogP contribution in [0.1, 0.15) is 18.4 Å². The van der Waals surface area contributed by atoms with Crippen LogP contribution in [0.2, 0.25) is 0 Å². The molecule has 0 aliphatic heterocycles. The Hall–Kier alpha value is -3.41. The van der Waals surface area contributed by atoms with E-state index in [0.29, 0.717) is 31.5 Å². The molecule has 0 fully saturated rings. The number of hydrogen-bond acceptors (Lipinski definition) is 4. The van der Waals surface area contributed by atoms with Gasteiger partial charge >= 0.3 is 5.76 Å². The van der Waals surface area contributed by atoms with E-state index in [1.165, 1.54) is 0 Å². The maximum absolute atomic E-state index is 12.1. The second kappa shape index (κ2) is 8.08. The summed E-state index contributed by atoms with van der Waals surface area (Å²) in [4.78, 5) is 28.5. The Kier molecular flexibility index (Phi) is 5.19. The first kappa shape index (κ1) is 18.0. The zero-order valence-corrected chi connectivity index (χ0v) is 15.4. The van der Waals surface area contributed by atoms with Crippen LogP contribution in [0.25, 0.3) is 22.0 Å². The van der Waals surface area contributed by atoms with Gasteiger partial charge in [-0.05, 0) is 36.6 Å². The van der Waals surface area contributed by atoms with Gasteiger partial charge in [0.15, 0.2) is 5.58 Å². The van der Waals surface area contributed by atoms with Crippen LogP contribution < -0.4 is 11.1 Å². The van der Waals surface area contributed by atoms with Gasteiger partial charge in [-0.25, -0.2) is 4.79 Å². The van der Waals surface area contributed by atoms with E-state index in [1.807, 2.05) is 48.5 Å². The zero-order valence-electron chi connectivity index (χ0n) is 15.4. The molecule has 0 aliphatic rings. The molecule has 0 spiro atoms. The van der Waals surface area contributed by atoms with Gasteiger partial charge in [0.05, 0.1) is 11.0 Å². The summed E-state index contributed by atoms with van der Waals surface area (Å²) in [6.45, 7) is 1.01. The van der Waals surface area contributed by atoms with Gasteiger partial charge in [0.2, 0.25) is 5.91 Å². The minimum absolute atomic E-state index is 0.0194. The summed E-state index contributed by atoms with van der Waals surface area (Å²) in [5.41, 5.74) is 3.43. The normalized spacial score (nSPS) is 11.1. The summed E-state index contributed by atoms with van der Waals surface area (Å²) in [5.74, 6) is -0.404. The van der Waals surface area contributed by atoms with Crippen LogP contribution in [0.3, 0.4) is 0 Å². The van der Waals surface area contributed by atoms with Crippen molar-refractivity contribution in [3.63, 3.8) is 0 Å². The number of nitrogens with one attached hydrogen (secondary N) is 1. The number of aryl methyl sites for hydroxylation is 1. The van der Waals surface area contributed by atoms with Crippen molar-refractivity contribution in [2.45, 2.75) is 25.8 Å². The third kappa shape index (κ3) is 3.81. The van der Waals surface area contributed by atoms with Gasteiger partial charge < -0.3 is 9.73 Å². The number of carbonyl (C=O) groups excluding carboxylic acids is 1. The number of aromatic nitrogens is 2. The quantitative estimate of drug-likeness (QED) is 0.538. The third-order valence-electron chi connectivity index (χ3n) is 4.79. The van der Waals surface area contributed by atoms with Crippen molar-refractivity contribution >= 4 is 27.9 Å². The summed E-state index contributed by atoms with van der Waals surface area (Å²) >= 11 is 0. The van der Waals surface area contributed by atoms with Gasteiger partial charge in [0.25, 0.3) is 0 Å². The highest BCUT2D eigenvalue weighted by Crippen LogP contribution is 2.16. The largest absolute Gasteiger partial charge is 0.419 e. The lowest BCUT2D eigenvalue weighted by Crippen LogP contribution is -2.26. The molecule has 0 atom stereocenters. The Morgan fingerprint density at radius 2 is 1.93 bits per heavy atom. The predicted molar refractivity (Wildman–Crippen MR) is 108 cm³/mol. The number of pyridine rings is 1. The topological polar surface area (TPSA) is 77.1 Å². The van der Waals surface area contributed by atoms with Crippen molar-refractivity contribution in [1.29, 1.82) is 0 Å². The lowest BCUT2D eigenvalue weighted by molar-refractivity contribution is -0.121. The molecule has 2 aromatic carbocycles. The van der Waals surface area contributed by atoms with Crippen molar-refractivity contribution in [3.05, 3.63) is 76.9 Å². The highest BCUT2D eigenvalue weighted by molar-refractivity contribution is 5.81. The Morgan fingerprint density at radius 1 is 1.07 bits per heavy atom. The Labute approximate surface area is 161 Å². The standard InChI is InChI=1S/C22H21N3O3/c26-20(11-5-15-25-18-9-1-2-10-19(18)28-22(25)27)23-14-12-17-7-3-6-16-8-4-13-24-21(16)17/h1-4,6-10,13H,5,11-12,14-15H2,(H,23,26). The number of rotatable bonds is 7. The molecule has 0 unspecified atom stereocenters. The Balaban J connectivity index is 1.28. The van der Waals surface area contributed by atoms with Gasteiger partial charge in [-0.3, -0.25) is 14.3 Å². The lowest BCUT2D eigenvalue weighted by atomic mass is 10.1. The van der Waals surface area contributed by atoms with Crippen molar-refractivity contribution in [1.82, 2.24) is 14.9 Å². The summed E-state index contributed by atoms with van der Waals surface area (Å²) in [6, 6.07) is 17.3. The van der Waals surface area contributed by atoms with Gasteiger partial charge in [0.1, 0.15) is 0 Å². The fraction of sp³-hybridized carbons (Fsp3) is 0.227. The Bertz CT molecular complexity index is 1170. The van der Waals surface area contributed by atoms with Gasteiger partial charge in [-0.15, -0.1) is 0 Å². The molecule has 0 saturated heterocycles. The summed E-state index contributed by atoms with van der Waals surface area (Å²) in [7, 11) is 0. The van der Waals surface area contributed by atoms with Crippen molar-refractivity contribution < 1.29 is 9.21 Å². The van der Waals surface area contributed by atoms with E-state index >= 15 is 0 Å². The van der Waals surface area contributed by atoms with Crippen molar-refractivity contribution in [2.75, 3.05) is 6.54 Å². The molecule has 2 aromatic heterocycles. The van der Waals surface area contributed by atoms with Crippen molar-refractivity contribution in [2.24, 2.45) is 0 Å². The van der Waals surface area contributed by atoms with Crippen LogP contribution >= 0.6 is 0 Å². The molecule has 6 heteroatoms. The number of para-hydroxylation sites is 3. The van der Waals surface area contributed by atoms with E-state index in [-0.39, 0.29) is 11.7 Å². The summed E-state index contributed by atoms with van der Waals surface area (Å²) in [5, 5.41) is 4.05. The fourth-order valence-corrected chi connectivity index (χ4v) is 3.42. The average Bonchev–Trinajstić information content (AvgIpc) is 3.03. The monoisotopic (exact) mass is 375 g/mol. The first-order chi connectivity index (χ1) is 13.7. The highest BCUT2D eigenvalue weighted by atomic mass is 16.4. The second-order valence-corrected chi connectivity index (χ2v) is 6.68. The highest BCUT2D eigenvalue weighted by Gasteiger charge is 2.09. The van der Waals surface area contributed by atoms with E-state index in [4.69, 9.17) is 4.42 Å². The van der Waals surface area contributed by atoms with Crippen LogP contribution in [-0.2, 0) is 17.8 Å². The van der Waals surface area contributed by atoms with Gasteiger partial charge in [0, 0.05) is 31.1 Å². The van der Waals surface area contributed by atoms with Gasteiger partial charge in [-0.2, -0.15) is 0 Å². The molecule has 2 heterocycles. The first-order valence-electron chi connectivity index (χ1n) is 9.40. The van der Waals surface area contributed by atoms with E-state index < -0.39 is 0 Å². The SMILES string of the molecule is O=C(CCCn1c(=O)oc2ccccc21)NCCc1cccc2cccnc12. The molecule has 0 radical (unpaired) electrons. The van der Waals surface area contributed by atoms with E-state index in [1.54, 1.807) is 16.8 Å². The minimum atomic E-state index is -0.384. The number of carbonyl (C=O) groups is 1. The minimum Gasteiger partial charge on any atom is -0.408 e. The third-order valence-corrected chi connectivity index (χ3v) is 4.79. The maximum atomic E-state index is 12.1. The molecule has 1 N–H and O–H groups in total. The van der Waals surface area contributed by atoms with Gasteiger partial charge in [-0.1, -0.05) is 36.4 Å². The fourth-order valence-electron chi connectivity index (χ4n) is 3.42. The van der Waals surface area contributed by atoms with Crippen LogP contribution in [-0.4, -0.2) is 22.0 Å². The van der Waals surface area contributed by atoms with Crippen molar-refractivity contribution in [3.8, 4) is 0 Å². The number of nitrogens with zero attached hydrogens (tertiary/aromatic N) is 2. The lowest BCUT2D eigenvalue weighted by Gasteiger charge is -2.08. The molecule has 28 heavy (non-hydrogen) atoms.